The molecule has 0 aliphatic carbocycles. The third kappa shape index (κ3) is 3.26. The Hall–Kier alpha value is -1.82. The summed E-state index contributed by atoms with van der Waals surface area (Å²) >= 11 is 0. The topological polar surface area (TPSA) is 57.7 Å². The molecule has 1 aromatic rings. The summed E-state index contributed by atoms with van der Waals surface area (Å²) in [7, 11) is 0. The maximum Gasteiger partial charge on any atom is 0.322 e. The average Bonchev–Trinajstić information content (AvgIpc) is 3.02. The van der Waals surface area contributed by atoms with Crippen LogP contribution < -0.4 is 10.2 Å². The lowest BCUT2D eigenvalue weighted by Crippen LogP contribution is -2.48. The molecule has 21 heavy (non-hydrogen) atoms. The van der Waals surface area contributed by atoms with Crippen molar-refractivity contribution in [1.82, 2.24) is 9.88 Å². The van der Waals surface area contributed by atoms with Crippen LogP contribution in [0.15, 0.2) is 18.3 Å². The zero-order valence-corrected chi connectivity index (χ0v) is 12.4. The second-order valence-corrected chi connectivity index (χ2v) is 5.65. The van der Waals surface area contributed by atoms with Gasteiger partial charge in [-0.2, -0.15) is 0 Å². The van der Waals surface area contributed by atoms with Gasteiger partial charge in [0.15, 0.2) is 0 Å². The first kappa shape index (κ1) is 14.1. The van der Waals surface area contributed by atoms with E-state index in [0.717, 1.165) is 24.6 Å². The summed E-state index contributed by atoms with van der Waals surface area (Å²) in [4.78, 5) is 20.8. The monoisotopic (exact) mass is 290 g/mol. The number of carbonyl (C=O) groups is 1. The van der Waals surface area contributed by atoms with Gasteiger partial charge in [0.05, 0.1) is 31.1 Å². The quantitative estimate of drug-likeness (QED) is 0.904. The summed E-state index contributed by atoms with van der Waals surface area (Å²) in [6, 6.07) is 3.92. The first-order valence-corrected chi connectivity index (χ1v) is 7.60. The molecule has 3 rings (SSSR count). The Morgan fingerprint density at radius 3 is 2.81 bits per heavy atom. The van der Waals surface area contributed by atoms with Gasteiger partial charge in [-0.3, -0.25) is 0 Å². The van der Waals surface area contributed by atoms with Gasteiger partial charge in [-0.1, -0.05) is 0 Å². The van der Waals surface area contributed by atoms with Crippen LogP contribution in [0.2, 0.25) is 0 Å². The van der Waals surface area contributed by atoms with Crippen LogP contribution in [-0.2, 0) is 4.74 Å². The normalized spacial score (nSPS) is 22.4. The van der Waals surface area contributed by atoms with Crippen molar-refractivity contribution >= 4 is 17.5 Å². The van der Waals surface area contributed by atoms with Gasteiger partial charge >= 0.3 is 6.03 Å². The summed E-state index contributed by atoms with van der Waals surface area (Å²) < 4.78 is 5.35. The number of rotatable bonds is 2. The van der Waals surface area contributed by atoms with Crippen molar-refractivity contribution in [3.05, 3.63) is 18.3 Å². The molecule has 2 amide bonds. The average molecular weight is 290 g/mol. The van der Waals surface area contributed by atoms with Crippen LogP contribution in [0.3, 0.4) is 0 Å². The number of ether oxygens (including phenoxy) is 1. The highest BCUT2D eigenvalue weighted by Crippen LogP contribution is 2.19. The molecule has 1 atom stereocenters. The molecular weight excluding hydrogens is 268 g/mol. The number of urea groups is 1. The summed E-state index contributed by atoms with van der Waals surface area (Å²) in [5.41, 5.74) is 0.738. The highest BCUT2D eigenvalue weighted by molar-refractivity contribution is 5.89. The maximum atomic E-state index is 12.2. The first-order chi connectivity index (χ1) is 10.2. The van der Waals surface area contributed by atoms with Crippen molar-refractivity contribution in [3.63, 3.8) is 0 Å². The number of morpholine rings is 1. The number of anilines is 2. The molecule has 0 bridgehead atoms. The predicted molar refractivity (Wildman–Crippen MR) is 81.7 cm³/mol. The van der Waals surface area contributed by atoms with E-state index in [2.05, 4.69) is 15.2 Å². The van der Waals surface area contributed by atoms with Crippen molar-refractivity contribution in [3.8, 4) is 0 Å². The molecular formula is C15H22N4O2. The van der Waals surface area contributed by atoms with Gasteiger partial charge < -0.3 is 19.9 Å². The molecule has 2 aliphatic rings. The molecule has 2 saturated heterocycles. The van der Waals surface area contributed by atoms with Gasteiger partial charge in [0.25, 0.3) is 0 Å². The number of nitrogens with one attached hydrogen (secondary N) is 1. The standard InChI is InChI=1S/C15H22N4O2/c1-12-11-21-9-8-19(12)15(20)17-13-4-5-14(16-10-13)18-6-2-3-7-18/h4-5,10,12H,2-3,6-9,11H2,1H3,(H,17,20)/t12-/m1/s1. The van der Waals surface area contributed by atoms with Crippen molar-refractivity contribution in [2.45, 2.75) is 25.8 Å². The fourth-order valence-electron chi connectivity index (χ4n) is 2.82. The van der Waals surface area contributed by atoms with E-state index in [4.69, 9.17) is 4.74 Å². The summed E-state index contributed by atoms with van der Waals surface area (Å²) in [6.07, 6.45) is 4.20. The van der Waals surface area contributed by atoms with Crippen LogP contribution in [-0.4, -0.2) is 54.8 Å². The molecule has 1 N–H and O–H groups in total. The van der Waals surface area contributed by atoms with E-state index in [0.29, 0.717) is 19.8 Å². The number of hydrogen-bond donors (Lipinski definition) is 1. The molecule has 0 radical (unpaired) electrons. The molecule has 3 heterocycles. The summed E-state index contributed by atoms with van der Waals surface area (Å²) in [6.45, 7) is 5.97. The molecule has 0 saturated carbocycles. The molecule has 0 unspecified atom stereocenters. The number of hydrogen-bond acceptors (Lipinski definition) is 4. The third-order valence-corrected chi connectivity index (χ3v) is 4.06. The fraction of sp³-hybridized carbons (Fsp3) is 0.600. The van der Waals surface area contributed by atoms with E-state index in [-0.39, 0.29) is 12.1 Å². The Balaban J connectivity index is 1.60. The fourth-order valence-corrected chi connectivity index (χ4v) is 2.82. The van der Waals surface area contributed by atoms with Gasteiger partial charge in [0.1, 0.15) is 5.82 Å². The summed E-state index contributed by atoms with van der Waals surface area (Å²) in [5, 5.41) is 2.91. The number of nitrogens with zero attached hydrogens (tertiary/aromatic N) is 3. The van der Waals surface area contributed by atoms with Crippen molar-refractivity contribution in [1.29, 1.82) is 0 Å². The van der Waals surface area contributed by atoms with Gasteiger partial charge in [0, 0.05) is 19.6 Å². The smallest absolute Gasteiger partial charge is 0.322 e. The number of pyridine rings is 1. The van der Waals surface area contributed by atoms with E-state index in [1.165, 1.54) is 12.8 Å². The van der Waals surface area contributed by atoms with Crippen LogP contribution in [0.4, 0.5) is 16.3 Å². The predicted octanol–water partition coefficient (Wildman–Crippen LogP) is 1.93. The Bertz CT molecular complexity index is 485. The first-order valence-electron chi connectivity index (χ1n) is 7.60. The van der Waals surface area contributed by atoms with Gasteiger partial charge in [0.2, 0.25) is 0 Å². The van der Waals surface area contributed by atoms with Crippen LogP contribution in [0, 0.1) is 0 Å². The second-order valence-electron chi connectivity index (χ2n) is 5.65. The highest BCUT2D eigenvalue weighted by atomic mass is 16.5. The molecule has 0 spiro atoms. The minimum absolute atomic E-state index is 0.0819. The number of amides is 2. The lowest BCUT2D eigenvalue weighted by Gasteiger charge is -2.33. The molecule has 6 nitrogen and oxygen atoms in total. The largest absolute Gasteiger partial charge is 0.377 e. The van der Waals surface area contributed by atoms with Crippen molar-refractivity contribution < 1.29 is 9.53 Å². The minimum atomic E-state index is -0.0819. The van der Waals surface area contributed by atoms with E-state index in [1.807, 2.05) is 19.1 Å². The Labute approximate surface area is 125 Å². The molecule has 1 aromatic heterocycles. The van der Waals surface area contributed by atoms with E-state index < -0.39 is 0 Å². The van der Waals surface area contributed by atoms with E-state index >= 15 is 0 Å². The van der Waals surface area contributed by atoms with Crippen molar-refractivity contribution in [2.24, 2.45) is 0 Å². The van der Waals surface area contributed by atoms with Crippen molar-refractivity contribution in [2.75, 3.05) is 43.1 Å². The highest BCUT2D eigenvalue weighted by Gasteiger charge is 2.23. The molecule has 2 aliphatic heterocycles. The van der Waals surface area contributed by atoms with Crippen LogP contribution in [0.1, 0.15) is 19.8 Å². The summed E-state index contributed by atoms with van der Waals surface area (Å²) in [5.74, 6) is 0.991. The van der Waals surface area contributed by atoms with Crippen LogP contribution in [0.5, 0.6) is 0 Å². The number of aromatic nitrogens is 1. The molecule has 0 aromatic carbocycles. The zero-order chi connectivity index (χ0) is 14.7. The molecule has 114 valence electrons. The molecule has 6 heteroatoms. The van der Waals surface area contributed by atoms with Crippen LogP contribution >= 0.6 is 0 Å². The zero-order valence-electron chi connectivity index (χ0n) is 12.4. The maximum absolute atomic E-state index is 12.2. The van der Waals surface area contributed by atoms with E-state index in [9.17, 15) is 4.79 Å². The van der Waals surface area contributed by atoms with E-state index in [1.54, 1.807) is 11.1 Å². The van der Waals surface area contributed by atoms with Gasteiger partial charge in [-0.25, -0.2) is 9.78 Å². The Morgan fingerprint density at radius 2 is 2.14 bits per heavy atom. The van der Waals surface area contributed by atoms with Gasteiger partial charge in [-0.05, 0) is 31.9 Å². The Kier molecular flexibility index (Phi) is 4.24. The minimum Gasteiger partial charge on any atom is -0.377 e. The Morgan fingerprint density at radius 1 is 1.33 bits per heavy atom. The third-order valence-electron chi connectivity index (χ3n) is 4.06. The second kappa shape index (κ2) is 6.30. The molecule has 2 fully saturated rings. The lowest BCUT2D eigenvalue weighted by molar-refractivity contribution is 0.0222. The number of carbonyl (C=O) groups excluding carboxylic acids is 1. The van der Waals surface area contributed by atoms with Gasteiger partial charge in [-0.15, -0.1) is 0 Å². The SMILES string of the molecule is C[C@@H]1COCCN1C(=O)Nc1ccc(N2CCCC2)nc1. The lowest BCUT2D eigenvalue weighted by atomic mass is 10.3. The van der Waals surface area contributed by atoms with Crippen LogP contribution in [0.25, 0.3) is 0 Å².